The number of piperidine rings is 1. The molecule has 1 saturated carbocycles. The molecule has 2 aliphatic carbocycles. The molecule has 6 amide bonds. The molecule has 0 bridgehead atoms. The molecule has 5 N–H and O–H groups in total. The third kappa shape index (κ3) is 10.1. The molecule has 292 valence electrons. The summed E-state index contributed by atoms with van der Waals surface area (Å²) in [5, 5.41) is 14.4. The van der Waals surface area contributed by atoms with Gasteiger partial charge in [-0.05, 0) is 79.2 Å². The Kier molecular flexibility index (Phi) is 13.5. The topological polar surface area (TPSA) is 166 Å². The first-order valence-corrected chi connectivity index (χ1v) is 19.4. The van der Waals surface area contributed by atoms with E-state index in [4.69, 9.17) is 0 Å². The van der Waals surface area contributed by atoms with Crippen molar-refractivity contribution in [2.24, 2.45) is 28.6 Å². The van der Waals surface area contributed by atoms with Gasteiger partial charge in [-0.1, -0.05) is 84.7 Å². The Morgan fingerprint density at radius 2 is 1.60 bits per heavy atom. The largest absolute Gasteiger partial charge is 0.354 e. The maximum atomic E-state index is 14.8. The van der Waals surface area contributed by atoms with Crippen molar-refractivity contribution in [3.63, 3.8) is 0 Å². The molecule has 1 aromatic rings. The van der Waals surface area contributed by atoms with Crippen molar-refractivity contribution in [1.29, 1.82) is 0 Å². The first-order chi connectivity index (χ1) is 24.9. The number of urea groups is 1. The zero-order valence-corrected chi connectivity index (χ0v) is 33.0. The number of nitrogens with zero attached hydrogens (tertiary/aromatic N) is 1. The monoisotopic (exact) mass is 734 g/mol. The van der Waals surface area contributed by atoms with Crippen molar-refractivity contribution in [3.8, 4) is 0 Å². The summed E-state index contributed by atoms with van der Waals surface area (Å²) >= 11 is 0. The van der Waals surface area contributed by atoms with Crippen LogP contribution in [0.4, 0.5) is 4.79 Å². The summed E-state index contributed by atoms with van der Waals surface area (Å²) in [5.41, 5.74) is 1.66. The van der Waals surface area contributed by atoms with Crippen LogP contribution in [0.2, 0.25) is 0 Å². The van der Waals surface area contributed by atoms with E-state index >= 15 is 0 Å². The van der Waals surface area contributed by atoms with Gasteiger partial charge >= 0.3 is 6.03 Å². The van der Waals surface area contributed by atoms with Gasteiger partial charge in [0.15, 0.2) is 0 Å². The standard InChI is InChI=1S/C41H62N6O6/c1-10-12-17-29(35(49)37(51)42-20-11-2)44-36(50)34-32-28(41(32,8)9)23-47(34)38(52)33(27-21-25-15-13-14-16-26(25)22-27)46-39(53)45-30(40(5,6)7)18-19-31(48)43-24(3)4/h11,13-16,24,27-30,32-34H,2,10,12,17-23H2,1,3-9H3,(H,42,51)(H,43,48)(H,44,50)(H2,45,46,53)/t28?,29?,30-,32+,33?,34?/m1/s1. The molecule has 3 aliphatic rings. The number of nitrogens with one attached hydrogen (secondary N) is 5. The summed E-state index contributed by atoms with van der Waals surface area (Å²) in [4.78, 5) is 82.9. The van der Waals surface area contributed by atoms with Gasteiger partial charge in [-0.2, -0.15) is 0 Å². The highest BCUT2D eigenvalue weighted by Gasteiger charge is 2.69. The number of unbranched alkanes of at least 4 members (excludes halogenated alkanes) is 1. The Hall–Kier alpha value is -4.22. The van der Waals surface area contributed by atoms with Crippen LogP contribution in [0, 0.1) is 28.6 Å². The van der Waals surface area contributed by atoms with E-state index in [1.807, 2.05) is 65.8 Å². The second kappa shape index (κ2) is 17.3. The first-order valence-electron chi connectivity index (χ1n) is 19.4. The summed E-state index contributed by atoms with van der Waals surface area (Å²) < 4.78 is 0. The van der Waals surface area contributed by atoms with Crippen LogP contribution in [0.25, 0.3) is 0 Å². The van der Waals surface area contributed by atoms with Crippen LogP contribution in [0.15, 0.2) is 36.9 Å². The van der Waals surface area contributed by atoms with E-state index in [2.05, 4.69) is 47.0 Å². The van der Waals surface area contributed by atoms with Gasteiger partial charge in [-0.3, -0.25) is 24.0 Å². The summed E-state index contributed by atoms with van der Waals surface area (Å²) in [6.45, 7) is 20.0. The Morgan fingerprint density at radius 3 is 2.17 bits per heavy atom. The van der Waals surface area contributed by atoms with Gasteiger partial charge in [0, 0.05) is 31.6 Å². The van der Waals surface area contributed by atoms with Crippen molar-refractivity contribution in [2.75, 3.05) is 13.1 Å². The third-order valence-corrected chi connectivity index (χ3v) is 11.4. The number of Topliss-reactive ketones (excluding diaryl/α,β-unsaturated/α-hetero) is 1. The molecule has 12 heteroatoms. The summed E-state index contributed by atoms with van der Waals surface area (Å²) in [6, 6.07) is 4.30. The van der Waals surface area contributed by atoms with Gasteiger partial charge in [-0.25, -0.2) is 4.79 Å². The highest BCUT2D eigenvalue weighted by Crippen LogP contribution is 2.65. The van der Waals surface area contributed by atoms with Crippen molar-refractivity contribution < 1.29 is 28.8 Å². The molecular formula is C41H62N6O6. The molecule has 12 nitrogen and oxygen atoms in total. The van der Waals surface area contributed by atoms with Crippen LogP contribution in [-0.2, 0) is 36.8 Å². The molecule has 1 aromatic carbocycles. The smallest absolute Gasteiger partial charge is 0.315 e. The number of benzene rings is 1. The Morgan fingerprint density at radius 1 is 0.962 bits per heavy atom. The van der Waals surface area contributed by atoms with Crippen molar-refractivity contribution in [2.45, 2.75) is 131 Å². The lowest BCUT2D eigenvalue weighted by molar-refractivity contribution is -0.144. The van der Waals surface area contributed by atoms with Gasteiger partial charge in [-0.15, -0.1) is 6.58 Å². The first kappa shape index (κ1) is 41.5. The minimum absolute atomic E-state index is 0.00631. The second-order valence-corrected chi connectivity index (χ2v) is 17.2. The fourth-order valence-corrected chi connectivity index (χ4v) is 8.28. The SMILES string of the molecule is C=CCNC(=O)C(=O)C(CCCC)NC(=O)C1[C@@H]2C(CN1C(=O)C(NC(=O)N[C@H](CCC(=O)NC(C)C)C(C)(C)C)C1Cc3ccccc3C1)C2(C)C. The number of amides is 6. The highest BCUT2D eigenvalue weighted by atomic mass is 16.2. The van der Waals surface area contributed by atoms with Crippen LogP contribution in [0.3, 0.4) is 0 Å². The number of hydrogen-bond donors (Lipinski definition) is 5. The number of carbonyl (C=O) groups is 6. The number of rotatable bonds is 17. The predicted molar refractivity (Wildman–Crippen MR) is 204 cm³/mol. The highest BCUT2D eigenvalue weighted by molar-refractivity contribution is 6.38. The number of ketones is 1. The molecule has 1 heterocycles. The second-order valence-electron chi connectivity index (χ2n) is 17.2. The molecular weight excluding hydrogens is 672 g/mol. The lowest BCUT2D eigenvalue weighted by Gasteiger charge is -2.36. The van der Waals surface area contributed by atoms with Gasteiger partial charge < -0.3 is 31.5 Å². The molecule has 1 aliphatic heterocycles. The number of hydrogen-bond acceptors (Lipinski definition) is 6. The molecule has 4 unspecified atom stereocenters. The fraction of sp³-hybridized carbons (Fsp3) is 0.659. The Bertz CT molecular complexity index is 1520. The lowest BCUT2D eigenvalue weighted by atomic mass is 9.84. The van der Waals surface area contributed by atoms with Gasteiger partial charge in [0.2, 0.25) is 23.5 Å². The van der Waals surface area contributed by atoms with Gasteiger partial charge in [0.05, 0.1) is 6.04 Å². The van der Waals surface area contributed by atoms with E-state index in [-0.39, 0.29) is 65.4 Å². The molecule has 0 aromatic heterocycles. The quantitative estimate of drug-likeness (QED) is 0.121. The van der Waals surface area contributed by atoms with Gasteiger partial charge in [0.25, 0.3) is 5.91 Å². The number of likely N-dealkylation sites (tertiary alicyclic amines) is 1. The summed E-state index contributed by atoms with van der Waals surface area (Å²) in [6.07, 6.45) is 4.98. The molecule has 6 atom stereocenters. The van der Waals surface area contributed by atoms with E-state index in [1.165, 1.54) is 6.08 Å². The molecule has 0 radical (unpaired) electrons. The van der Waals surface area contributed by atoms with E-state index in [9.17, 15) is 28.8 Å². The van der Waals surface area contributed by atoms with Crippen LogP contribution >= 0.6 is 0 Å². The van der Waals surface area contributed by atoms with E-state index in [1.54, 1.807) is 4.90 Å². The molecule has 1 saturated heterocycles. The van der Waals surface area contributed by atoms with Crippen molar-refractivity contribution >= 4 is 35.4 Å². The third-order valence-electron chi connectivity index (χ3n) is 11.4. The van der Waals surface area contributed by atoms with Crippen molar-refractivity contribution in [3.05, 3.63) is 48.0 Å². The average molecular weight is 735 g/mol. The van der Waals surface area contributed by atoms with Crippen LogP contribution in [0.5, 0.6) is 0 Å². The maximum Gasteiger partial charge on any atom is 0.315 e. The fourth-order valence-electron chi connectivity index (χ4n) is 8.28. The van der Waals surface area contributed by atoms with Crippen LogP contribution in [-0.4, -0.2) is 83.6 Å². The zero-order chi connectivity index (χ0) is 39.2. The van der Waals surface area contributed by atoms with Crippen LogP contribution in [0.1, 0.15) is 98.6 Å². The van der Waals surface area contributed by atoms with E-state index < -0.39 is 41.8 Å². The van der Waals surface area contributed by atoms with Crippen molar-refractivity contribution in [1.82, 2.24) is 31.5 Å². The Labute approximate surface area is 315 Å². The van der Waals surface area contributed by atoms with E-state index in [0.29, 0.717) is 38.6 Å². The Balaban J connectivity index is 1.59. The van der Waals surface area contributed by atoms with Gasteiger partial charge in [0.1, 0.15) is 12.1 Å². The molecule has 4 rings (SSSR count). The predicted octanol–water partition coefficient (Wildman–Crippen LogP) is 3.82. The zero-order valence-electron chi connectivity index (χ0n) is 33.0. The van der Waals surface area contributed by atoms with Crippen LogP contribution < -0.4 is 26.6 Å². The minimum Gasteiger partial charge on any atom is -0.354 e. The normalized spacial score (nSPS) is 21.8. The maximum absolute atomic E-state index is 14.8. The number of carbonyl (C=O) groups excluding carboxylic acids is 6. The lowest BCUT2D eigenvalue weighted by Crippen LogP contribution is -2.61. The summed E-state index contributed by atoms with van der Waals surface area (Å²) in [5.74, 6) is -2.74. The van der Waals surface area contributed by atoms with E-state index in [0.717, 1.165) is 17.5 Å². The average Bonchev–Trinajstić information content (AvgIpc) is 3.44. The minimum atomic E-state index is -1.04. The molecule has 53 heavy (non-hydrogen) atoms. The summed E-state index contributed by atoms with van der Waals surface area (Å²) in [7, 11) is 0. The molecule has 0 spiro atoms. The number of fused-ring (bicyclic) bond motifs is 2. The molecule has 2 fully saturated rings.